The van der Waals surface area contributed by atoms with Crippen LogP contribution in [0.2, 0.25) is 0 Å². The van der Waals surface area contributed by atoms with E-state index >= 15 is 0 Å². The van der Waals surface area contributed by atoms with E-state index in [9.17, 15) is 35.6 Å². The molecule has 8 nitrogen and oxygen atoms in total. The molecular weight excluding hydrogens is 506 g/mol. The summed E-state index contributed by atoms with van der Waals surface area (Å²) in [4.78, 5) is 27.6. The summed E-state index contributed by atoms with van der Waals surface area (Å²) in [6, 6.07) is 7.49. The minimum Gasteiger partial charge on any atom is -0.492 e. The first-order valence-corrected chi connectivity index (χ1v) is 12.4. The molecule has 1 saturated heterocycles. The van der Waals surface area contributed by atoms with Crippen molar-refractivity contribution in [3.63, 3.8) is 0 Å². The first-order chi connectivity index (χ1) is 16.8. The molecule has 0 spiro atoms. The topological polar surface area (TPSA) is 96.0 Å². The van der Waals surface area contributed by atoms with Crippen LogP contribution in [-0.4, -0.2) is 71.0 Å². The second kappa shape index (κ2) is 10.8. The Morgan fingerprint density at radius 3 is 2.28 bits per heavy atom. The standard InChI is InChI=1S/C23H25F4N3O5S/c1-15(31)16-3-5-20(19(24)13-16)29-8-10-30(11-9-29)22(32)18-14-17(36(33,34)28-2)4-6-21(18)35-12-7-23(25,26)27/h3-6,13-14,28H,7-12H2,1-2H3. The van der Waals surface area contributed by atoms with Crippen molar-refractivity contribution in [3.05, 3.63) is 53.3 Å². The van der Waals surface area contributed by atoms with E-state index in [2.05, 4.69) is 4.72 Å². The molecule has 0 saturated carbocycles. The molecule has 13 heteroatoms. The number of sulfonamides is 1. The van der Waals surface area contributed by atoms with E-state index < -0.39 is 41.0 Å². The average molecular weight is 532 g/mol. The molecule has 2 aromatic rings. The number of hydrogen-bond donors (Lipinski definition) is 1. The maximum absolute atomic E-state index is 14.5. The normalized spacial score (nSPS) is 14.6. The lowest BCUT2D eigenvalue weighted by atomic mass is 10.1. The first kappa shape index (κ1) is 27.4. The highest BCUT2D eigenvalue weighted by Gasteiger charge is 2.29. The van der Waals surface area contributed by atoms with Crippen LogP contribution in [0, 0.1) is 5.82 Å². The van der Waals surface area contributed by atoms with Crippen molar-refractivity contribution in [1.29, 1.82) is 0 Å². The van der Waals surface area contributed by atoms with Gasteiger partial charge in [0.1, 0.15) is 11.6 Å². The maximum atomic E-state index is 14.5. The minimum atomic E-state index is -4.46. The predicted molar refractivity (Wildman–Crippen MR) is 123 cm³/mol. The number of nitrogens with one attached hydrogen (secondary N) is 1. The van der Waals surface area contributed by atoms with E-state index in [4.69, 9.17) is 4.74 Å². The van der Waals surface area contributed by atoms with Crippen molar-refractivity contribution in [2.75, 3.05) is 44.7 Å². The van der Waals surface area contributed by atoms with Gasteiger partial charge in [-0.3, -0.25) is 9.59 Å². The molecular formula is C23H25F4N3O5S. The molecule has 0 aromatic heterocycles. The lowest BCUT2D eigenvalue weighted by molar-refractivity contribution is -0.139. The van der Waals surface area contributed by atoms with Crippen molar-refractivity contribution in [3.8, 4) is 5.75 Å². The number of rotatable bonds is 8. The number of piperazine rings is 1. The number of halogens is 4. The number of Topliss-reactive ketones (excluding diaryl/α,β-unsaturated/α-hetero) is 1. The van der Waals surface area contributed by atoms with Gasteiger partial charge >= 0.3 is 6.18 Å². The Morgan fingerprint density at radius 1 is 1.06 bits per heavy atom. The number of nitrogens with zero attached hydrogens (tertiary/aromatic N) is 2. The fourth-order valence-corrected chi connectivity index (χ4v) is 4.42. The summed E-state index contributed by atoms with van der Waals surface area (Å²) in [5.74, 6) is -1.65. The highest BCUT2D eigenvalue weighted by atomic mass is 32.2. The molecule has 1 N–H and O–H groups in total. The minimum absolute atomic E-state index is 0.137. The van der Waals surface area contributed by atoms with Crippen molar-refractivity contribution in [1.82, 2.24) is 9.62 Å². The second-order valence-corrected chi connectivity index (χ2v) is 9.97. The number of benzene rings is 2. The largest absolute Gasteiger partial charge is 0.492 e. The molecule has 1 heterocycles. The summed E-state index contributed by atoms with van der Waals surface area (Å²) >= 11 is 0. The third-order valence-electron chi connectivity index (χ3n) is 5.67. The Morgan fingerprint density at radius 2 is 1.72 bits per heavy atom. The van der Waals surface area contributed by atoms with Crippen molar-refractivity contribution < 1.29 is 40.3 Å². The van der Waals surface area contributed by atoms with Gasteiger partial charge in [-0.15, -0.1) is 0 Å². The second-order valence-electron chi connectivity index (χ2n) is 8.08. The van der Waals surface area contributed by atoms with E-state index in [-0.39, 0.29) is 59.4 Å². The molecule has 0 atom stereocenters. The van der Waals surface area contributed by atoms with Crippen LogP contribution >= 0.6 is 0 Å². The Bertz CT molecular complexity index is 1240. The molecule has 2 aromatic carbocycles. The van der Waals surface area contributed by atoms with E-state index in [0.717, 1.165) is 24.3 Å². The Labute approximate surface area is 205 Å². The van der Waals surface area contributed by atoms with Crippen molar-refractivity contribution in [2.24, 2.45) is 0 Å². The van der Waals surface area contributed by atoms with Gasteiger partial charge in [-0.1, -0.05) is 0 Å². The van der Waals surface area contributed by atoms with E-state index in [1.165, 1.54) is 31.0 Å². The zero-order chi connectivity index (χ0) is 26.7. The van der Waals surface area contributed by atoms with Gasteiger partial charge in [0.15, 0.2) is 5.78 Å². The molecule has 1 fully saturated rings. The predicted octanol–water partition coefficient (Wildman–Crippen LogP) is 3.23. The number of anilines is 1. The van der Waals surface area contributed by atoms with Gasteiger partial charge in [-0.25, -0.2) is 17.5 Å². The SMILES string of the molecule is CNS(=O)(=O)c1ccc(OCCC(F)(F)F)c(C(=O)N2CCN(c3ccc(C(C)=O)cc3F)CC2)c1. The lowest BCUT2D eigenvalue weighted by Crippen LogP contribution is -2.49. The van der Waals surface area contributed by atoms with Crippen LogP contribution in [0.15, 0.2) is 41.3 Å². The van der Waals surface area contributed by atoms with Crippen LogP contribution in [0.4, 0.5) is 23.2 Å². The van der Waals surface area contributed by atoms with Gasteiger partial charge in [0.05, 0.1) is 29.2 Å². The van der Waals surface area contributed by atoms with Crippen LogP contribution in [-0.2, 0) is 10.0 Å². The summed E-state index contributed by atoms with van der Waals surface area (Å²) in [6.07, 6.45) is -5.71. The van der Waals surface area contributed by atoms with E-state index in [0.29, 0.717) is 0 Å². The molecule has 3 rings (SSSR count). The average Bonchev–Trinajstić information content (AvgIpc) is 2.83. The van der Waals surface area contributed by atoms with Crippen LogP contribution in [0.5, 0.6) is 5.75 Å². The maximum Gasteiger partial charge on any atom is 0.392 e. The number of alkyl halides is 3. The molecule has 1 amide bonds. The summed E-state index contributed by atoms with van der Waals surface area (Å²) in [5, 5.41) is 0. The molecule has 1 aliphatic rings. The molecule has 196 valence electrons. The van der Waals surface area contributed by atoms with Crippen LogP contribution in [0.25, 0.3) is 0 Å². The molecule has 36 heavy (non-hydrogen) atoms. The van der Waals surface area contributed by atoms with Gasteiger partial charge in [0, 0.05) is 31.7 Å². The Balaban J connectivity index is 1.80. The van der Waals surface area contributed by atoms with Gasteiger partial charge in [0.25, 0.3) is 5.91 Å². The quantitative estimate of drug-likeness (QED) is 0.415. The van der Waals surface area contributed by atoms with Crippen LogP contribution in [0.1, 0.15) is 34.1 Å². The zero-order valence-corrected chi connectivity index (χ0v) is 20.4. The highest BCUT2D eigenvalue weighted by molar-refractivity contribution is 7.89. The third-order valence-corrected chi connectivity index (χ3v) is 7.08. The fourth-order valence-electron chi connectivity index (χ4n) is 3.67. The Hall–Kier alpha value is -3.19. The fraction of sp³-hybridized carbons (Fsp3) is 0.391. The van der Waals surface area contributed by atoms with Crippen LogP contribution < -0.4 is 14.4 Å². The number of carbonyl (C=O) groups is 2. The molecule has 0 bridgehead atoms. The molecule has 0 unspecified atom stereocenters. The molecule has 0 radical (unpaired) electrons. The van der Waals surface area contributed by atoms with Gasteiger partial charge < -0.3 is 14.5 Å². The summed E-state index contributed by atoms with van der Waals surface area (Å²) < 4.78 is 83.9. The zero-order valence-electron chi connectivity index (χ0n) is 19.6. The summed E-state index contributed by atoms with van der Waals surface area (Å²) in [7, 11) is -2.75. The number of hydrogen-bond acceptors (Lipinski definition) is 6. The van der Waals surface area contributed by atoms with Gasteiger partial charge in [0.2, 0.25) is 10.0 Å². The number of ketones is 1. The molecule has 0 aliphatic carbocycles. The highest BCUT2D eigenvalue weighted by Crippen LogP contribution is 2.28. The third kappa shape index (κ3) is 6.52. The van der Waals surface area contributed by atoms with Crippen LogP contribution in [0.3, 0.4) is 0 Å². The number of amides is 1. The van der Waals surface area contributed by atoms with E-state index in [1.807, 2.05) is 0 Å². The monoisotopic (exact) mass is 531 g/mol. The first-order valence-electron chi connectivity index (χ1n) is 10.9. The van der Waals surface area contributed by atoms with Crippen molar-refractivity contribution >= 4 is 27.4 Å². The summed E-state index contributed by atoms with van der Waals surface area (Å²) in [6.45, 7) is 1.33. The lowest BCUT2D eigenvalue weighted by Gasteiger charge is -2.36. The van der Waals surface area contributed by atoms with Crippen molar-refractivity contribution in [2.45, 2.75) is 24.4 Å². The summed E-state index contributed by atoms with van der Waals surface area (Å²) in [5.41, 5.74) is 0.309. The molecule has 1 aliphatic heterocycles. The number of ether oxygens (including phenoxy) is 1. The van der Waals surface area contributed by atoms with E-state index in [1.54, 1.807) is 4.90 Å². The Kier molecular flexibility index (Phi) is 8.24. The number of carbonyl (C=O) groups excluding carboxylic acids is 2. The van der Waals surface area contributed by atoms with Gasteiger partial charge in [-0.05, 0) is 50.4 Å². The smallest absolute Gasteiger partial charge is 0.392 e. The van der Waals surface area contributed by atoms with Gasteiger partial charge in [-0.2, -0.15) is 13.2 Å².